The van der Waals surface area contributed by atoms with Crippen molar-refractivity contribution in [3.8, 4) is 0 Å². The summed E-state index contributed by atoms with van der Waals surface area (Å²) >= 11 is 3.42. The largest absolute Gasteiger partial charge is 0.374 e. The zero-order valence-electron chi connectivity index (χ0n) is 18.7. The average molecular weight is 514 g/mol. The van der Waals surface area contributed by atoms with Gasteiger partial charge in [0.25, 0.3) is 0 Å². The third-order valence-corrected chi connectivity index (χ3v) is 5.88. The number of amides is 1. The maximum absolute atomic E-state index is 12.7. The van der Waals surface area contributed by atoms with Crippen LogP contribution in [0.5, 0.6) is 0 Å². The number of nitrogens with two attached hydrogens (primary N) is 1. The molecule has 0 radical (unpaired) electrons. The molecular weight excluding hydrogens is 486 g/mol. The van der Waals surface area contributed by atoms with Crippen molar-refractivity contribution in [2.24, 2.45) is 5.73 Å². The number of benzene rings is 1. The molecule has 1 amide bonds. The number of aromatic nitrogens is 4. The molecule has 0 saturated carbocycles. The van der Waals surface area contributed by atoms with Crippen molar-refractivity contribution in [2.45, 2.75) is 45.1 Å². The Kier molecular flexibility index (Phi) is 7.06. The molecule has 1 aliphatic heterocycles. The molecule has 0 spiro atoms. The average Bonchev–Trinajstić information content (AvgIpc) is 3.22. The number of hydrogen-bond acceptors (Lipinski definition) is 7. The standard InChI is InChI=1S/C23H28BrN7O2/c1-23(2,25)22(32)27-18(15-33-14-16-6-4-3-5-7-16)21-29-28-20-13-30(10-11-31(20)21)19-9-8-17(24)12-26-19/h3-9,12,18H,10-11,13-15,25H2,1-2H3,(H,27,32)/t18-/m1/s1. The lowest BCUT2D eigenvalue weighted by molar-refractivity contribution is -0.126. The number of nitrogens with zero attached hydrogens (tertiary/aromatic N) is 5. The Balaban J connectivity index is 1.50. The predicted octanol–water partition coefficient (Wildman–Crippen LogP) is 2.57. The first-order chi connectivity index (χ1) is 15.8. The lowest BCUT2D eigenvalue weighted by atomic mass is 10.1. The Morgan fingerprint density at radius 2 is 2.00 bits per heavy atom. The summed E-state index contributed by atoms with van der Waals surface area (Å²) in [5.74, 6) is 2.09. The van der Waals surface area contributed by atoms with Crippen LogP contribution >= 0.6 is 15.9 Å². The zero-order valence-corrected chi connectivity index (χ0v) is 20.3. The minimum absolute atomic E-state index is 0.257. The van der Waals surface area contributed by atoms with Crippen molar-refractivity contribution in [3.63, 3.8) is 0 Å². The highest BCUT2D eigenvalue weighted by atomic mass is 79.9. The molecular formula is C23H28BrN7O2. The summed E-state index contributed by atoms with van der Waals surface area (Å²) in [6.45, 7) is 6.04. The summed E-state index contributed by atoms with van der Waals surface area (Å²) in [6.07, 6.45) is 1.78. The third kappa shape index (κ3) is 5.76. The second-order valence-corrected chi connectivity index (χ2v) is 9.55. The molecule has 1 atom stereocenters. The van der Waals surface area contributed by atoms with Gasteiger partial charge >= 0.3 is 0 Å². The molecule has 0 bridgehead atoms. The van der Waals surface area contributed by atoms with Crippen LogP contribution in [0.2, 0.25) is 0 Å². The smallest absolute Gasteiger partial charge is 0.240 e. The number of carbonyl (C=O) groups excluding carboxylic acids is 1. The molecule has 3 N–H and O–H groups in total. The minimum Gasteiger partial charge on any atom is -0.374 e. The molecule has 174 valence electrons. The van der Waals surface area contributed by atoms with Gasteiger partial charge in [-0.1, -0.05) is 30.3 Å². The van der Waals surface area contributed by atoms with Crippen molar-refractivity contribution < 1.29 is 9.53 Å². The van der Waals surface area contributed by atoms with Crippen LogP contribution in [0.3, 0.4) is 0 Å². The van der Waals surface area contributed by atoms with E-state index in [2.05, 4.69) is 45.9 Å². The van der Waals surface area contributed by atoms with Crippen LogP contribution < -0.4 is 16.0 Å². The first-order valence-corrected chi connectivity index (χ1v) is 11.6. The van der Waals surface area contributed by atoms with E-state index in [1.54, 1.807) is 20.0 Å². The van der Waals surface area contributed by atoms with Gasteiger partial charge in [-0.25, -0.2) is 4.98 Å². The van der Waals surface area contributed by atoms with Gasteiger partial charge in [0.2, 0.25) is 5.91 Å². The van der Waals surface area contributed by atoms with Crippen molar-refractivity contribution in [2.75, 3.05) is 18.1 Å². The van der Waals surface area contributed by atoms with Gasteiger partial charge < -0.3 is 25.3 Å². The Bertz CT molecular complexity index is 1080. The molecule has 4 rings (SSSR count). The highest BCUT2D eigenvalue weighted by Gasteiger charge is 2.30. The van der Waals surface area contributed by atoms with E-state index in [1.165, 1.54) is 0 Å². The highest BCUT2D eigenvalue weighted by Crippen LogP contribution is 2.23. The summed E-state index contributed by atoms with van der Waals surface area (Å²) in [5, 5.41) is 11.8. The SMILES string of the molecule is CC(C)(N)C(=O)N[C@H](COCc1ccccc1)c1nnc2n1CCN(c1ccc(Br)cn1)C2. The monoisotopic (exact) mass is 513 g/mol. The molecule has 9 nitrogen and oxygen atoms in total. The number of hydrogen-bond donors (Lipinski definition) is 2. The van der Waals surface area contributed by atoms with E-state index in [0.29, 0.717) is 25.5 Å². The van der Waals surface area contributed by atoms with Crippen molar-refractivity contribution in [1.29, 1.82) is 0 Å². The second kappa shape index (κ2) is 9.98. The van der Waals surface area contributed by atoms with Gasteiger partial charge in [0.05, 0.1) is 25.3 Å². The fourth-order valence-electron chi connectivity index (χ4n) is 3.58. The quantitative estimate of drug-likeness (QED) is 0.475. The number of pyridine rings is 1. The zero-order chi connectivity index (χ0) is 23.4. The summed E-state index contributed by atoms with van der Waals surface area (Å²) in [5.41, 5.74) is 6.06. The molecule has 0 saturated heterocycles. The second-order valence-electron chi connectivity index (χ2n) is 8.63. The molecule has 1 aromatic carbocycles. The van der Waals surface area contributed by atoms with Crippen molar-refractivity contribution in [3.05, 3.63) is 70.3 Å². The number of rotatable bonds is 8. The maximum atomic E-state index is 12.7. The van der Waals surface area contributed by atoms with Crippen LogP contribution in [0.25, 0.3) is 0 Å². The van der Waals surface area contributed by atoms with Gasteiger partial charge in [-0.05, 0) is 47.5 Å². The Morgan fingerprint density at radius 3 is 2.70 bits per heavy atom. The van der Waals surface area contributed by atoms with E-state index in [-0.39, 0.29) is 12.5 Å². The molecule has 0 unspecified atom stereocenters. The Hall–Kier alpha value is -2.82. The van der Waals surface area contributed by atoms with Crippen LogP contribution in [0.15, 0.2) is 53.1 Å². The summed E-state index contributed by atoms with van der Waals surface area (Å²) in [4.78, 5) is 19.3. The Labute approximate surface area is 201 Å². The molecule has 33 heavy (non-hydrogen) atoms. The number of carbonyl (C=O) groups is 1. The number of nitrogens with one attached hydrogen (secondary N) is 1. The van der Waals surface area contributed by atoms with E-state index in [1.807, 2.05) is 42.5 Å². The molecule has 1 aliphatic rings. The van der Waals surface area contributed by atoms with Crippen LogP contribution in [0, 0.1) is 0 Å². The van der Waals surface area contributed by atoms with E-state index in [0.717, 1.165) is 28.2 Å². The number of fused-ring (bicyclic) bond motifs is 1. The van der Waals surface area contributed by atoms with Gasteiger partial charge in [-0.15, -0.1) is 10.2 Å². The van der Waals surface area contributed by atoms with Gasteiger partial charge in [-0.2, -0.15) is 0 Å². The van der Waals surface area contributed by atoms with Crippen LogP contribution in [0.1, 0.15) is 37.1 Å². The van der Waals surface area contributed by atoms with E-state index in [4.69, 9.17) is 10.5 Å². The summed E-state index contributed by atoms with van der Waals surface area (Å²) in [7, 11) is 0. The lowest BCUT2D eigenvalue weighted by Gasteiger charge is -2.30. The highest BCUT2D eigenvalue weighted by molar-refractivity contribution is 9.10. The summed E-state index contributed by atoms with van der Waals surface area (Å²) < 4.78 is 8.94. The molecule has 3 heterocycles. The van der Waals surface area contributed by atoms with Gasteiger partial charge in [0.1, 0.15) is 11.9 Å². The fourth-order valence-corrected chi connectivity index (χ4v) is 3.82. The van der Waals surface area contributed by atoms with Crippen molar-refractivity contribution in [1.82, 2.24) is 25.1 Å². The van der Waals surface area contributed by atoms with E-state index in [9.17, 15) is 4.79 Å². The molecule has 0 aliphatic carbocycles. The Morgan fingerprint density at radius 1 is 1.21 bits per heavy atom. The number of anilines is 1. The maximum Gasteiger partial charge on any atom is 0.240 e. The van der Waals surface area contributed by atoms with Crippen LogP contribution in [-0.2, 0) is 29.2 Å². The number of halogens is 1. The molecule has 0 fully saturated rings. The first kappa shape index (κ1) is 23.3. The summed E-state index contributed by atoms with van der Waals surface area (Å²) in [6, 6.07) is 13.4. The van der Waals surface area contributed by atoms with Gasteiger partial charge in [0.15, 0.2) is 11.6 Å². The first-order valence-electron chi connectivity index (χ1n) is 10.8. The molecule has 2 aromatic heterocycles. The van der Waals surface area contributed by atoms with E-state index < -0.39 is 11.6 Å². The molecule has 3 aromatic rings. The minimum atomic E-state index is -1.02. The van der Waals surface area contributed by atoms with Gasteiger partial charge in [-0.3, -0.25) is 4.79 Å². The third-order valence-electron chi connectivity index (χ3n) is 5.42. The van der Waals surface area contributed by atoms with Crippen LogP contribution in [0.4, 0.5) is 5.82 Å². The fraction of sp³-hybridized carbons (Fsp3) is 0.391. The van der Waals surface area contributed by atoms with Gasteiger partial charge in [0, 0.05) is 23.8 Å². The van der Waals surface area contributed by atoms with Crippen molar-refractivity contribution >= 4 is 27.7 Å². The molecule has 10 heteroatoms. The predicted molar refractivity (Wildman–Crippen MR) is 128 cm³/mol. The van der Waals surface area contributed by atoms with E-state index >= 15 is 0 Å². The lowest BCUT2D eigenvalue weighted by Crippen LogP contribution is -2.51. The van der Waals surface area contributed by atoms with Crippen LogP contribution in [-0.4, -0.2) is 44.3 Å². The number of ether oxygens (including phenoxy) is 1. The normalized spacial score (nSPS) is 14.6. The topological polar surface area (TPSA) is 111 Å².